The van der Waals surface area contributed by atoms with Gasteiger partial charge in [0.05, 0.1) is 6.61 Å². The Bertz CT molecular complexity index is 241. The number of hydrogen-bond acceptors (Lipinski definition) is 3. The first kappa shape index (κ1) is 9.03. The predicted molar refractivity (Wildman–Crippen MR) is 56.3 cm³/mol. The van der Waals surface area contributed by atoms with E-state index in [1.165, 1.54) is 12.1 Å². The van der Waals surface area contributed by atoms with Crippen molar-refractivity contribution in [2.75, 3.05) is 18.5 Å². The van der Waals surface area contributed by atoms with Crippen molar-refractivity contribution in [2.24, 2.45) is 5.92 Å². The van der Waals surface area contributed by atoms with E-state index < -0.39 is 0 Å². The van der Waals surface area contributed by atoms with E-state index in [1.807, 2.05) is 0 Å². The van der Waals surface area contributed by atoms with Gasteiger partial charge in [-0.25, -0.2) is 0 Å². The number of hydrogen-bond donors (Lipinski definition) is 1. The Morgan fingerprint density at radius 3 is 3.23 bits per heavy atom. The van der Waals surface area contributed by atoms with E-state index in [2.05, 4.69) is 29.1 Å². The van der Waals surface area contributed by atoms with E-state index in [-0.39, 0.29) is 0 Å². The van der Waals surface area contributed by atoms with Crippen molar-refractivity contribution >= 4 is 17.0 Å². The lowest BCUT2D eigenvalue weighted by Gasteiger charge is -2.19. The van der Waals surface area contributed by atoms with Crippen LogP contribution < -0.4 is 5.32 Å². The van der Waals surface area contributed by atoms with Crippen molar-refractivity contribution in [3.63, 3.8) is 0 Å². The zero-order valence-electron chi connectivity index (χ0n) is 7.82. The average molecular weight is 197 g/mol. The lowest BCUT2D eigenvalue weighted by atomic mass is 10.0. The molecule has 1 aliphatic heterocycles. The lowest BCUT2D eigenvalue weighted by Crippen LogP contribution is -2.25. The molecule has 2 rings (SSSR count). The summed E-state index contributed by atoms with van der Waals surface area (Å²) in [5.74, 6) is 0.680. The molecule has 2 atom stereocenters. The number of nitrogens with one attached hydrogen (secondary N) is 1. The molecule has 0 amide bonds. The fourth-order valence-electron chi connectivity index (χ4n) is 1.67. The van der Waals surface area contributed by atoms with Gasteiger partial charge in [0.15, 0.2) is 0 Å². The topological polar surface area (TPSA) is 21.3 Å². The highest BCUT2D eigenvalue weighted by Crippen LogP contribution is 2.21. The Morgan fingerprint density at radius 2 is 2.62 bits per heavy atom. The second-order valence-corrected chi connectivity index (χ2v) is 4.35. The van der Waals surface area contributed by atoms with Gasteiger partial charge in [0.1, 0.15) is 0 Å². The molecule has 0 aromatic carbocycles. The standard InChI is InChI=1S/C10H15NOS/c1-8(9-2-4-12-6-9)11-10-3-5-13-7-10/h3,5,7-9,11H,2,4,6H2,1H3. The number of ether oxygens (including phenoxy) is 1. The first-order chi connectivity index (χ1) is 6.36. The third-order valence-electron chi connectivity index (χ3n) is 2.59. The van der Waals surface area contributed by atoms with Crippen molar-refractivity contribution < 1.29 is 4.74 Å². The molecule has 1 aromatic rings. The minimum atomic E-state index is 0.525. The van der Waals surface area contributed by atoms with Gasteiger partial charge in [-0.2, -0.15) is 11.3 Å². The molecule has 3 heteroatoms. The second kappa shape index (κ2) is 4.11. The van der Waals surface area contributed by atoms with E-state index >= 15 is 0 Å². The Kier molecular flexibility index (Phi) is 2.86. The average Bonchev–Trinajstić information content (AvgIpc) is 2.74. The van der Waals surface area contributed by atoms with Gasteiger partial charge in [0.2, 0.25) is 0 Å². The lowest BCUT2D eigenvalue weighted by molar-refractivity contribution is 0.183. The Hall–Kier alpha value is -0.540. The molecule has 72 valence electrons. The van der Waals surface area contributed by atoms with E-state index in [1.54, 1.807) is 11.3 Å². The third-order valence-corrected chi connectivity index (χ3v) is 3.27. The zero-order chi connectivity index (χ0) is 9.10. The van der Waals surface area contributed by atoms with Gasteiger partial charge in [-0.1, -0.05) is 0 Å². The van der Waals surface area contributed by atoms with Gasteiger partial charge in [-0.05, 0) is 24.8 Å². The van der Waals surface area contributed by atoms with Crippen LogP contribution in [-0.4, -0.2) is 19.3 Å². The highest BCUT2D eigenvalue weighted by atomic mass is 32.1. The summed E-state index contributed by atoms with van der Waals surface area (Å²) in [4.78, 5) is 0. The van der Waals surface area contributed by atoms with Crippen LogP contribution in [0.5, 0.6) is 0 Å². The molecule has 0 spiro atoms. The predicted octanol–water partition coefficient (Wildman–Crippen LogP) is 2.59. The van der Waals surface area contributed by atoms with Crippen LogP contribution in [0.4, 0.5) is 5.69 Å². The third kappa shape index (κ3) is 2.23. The van der Waals surface area contributed by atoms with Crippen molar-refractivity contribution in [3.05, 3.63) is 16.8 Å². The molecular formula is C10H15NOS. The van der Waals surface area contributed by atoms with Crippen LogP contribution in [-0.2, 0) is 4.74 Å². The quantitative estimate of drug-likeness (QED) is 0.804. The summed E-state index contributed by atoms with van der Waals surface area (Å²) < 4.78 is 5.36. The maximum absolute atomic E-state index is 5.36. The molecule has 0 aliphatic carbocycles. The van der Waals surface area contributed by atoms with Gasteiger partial charge >= 0.3 is 0 Å². The van der Waals surface area contributed by atoms with Crippen molar-refractivity contribution in [1.29, 1.82) is 0 Å². The van der Waals surface area contributed by atoms with Crippen LogP contribution in [0.25, 0.3) is 0 Å². The van der Waals surface area contributed by atoms with Crippen LogP contribution in [0.15, 0.2) is 16.8 Å². The summed E-state index contributed by atoms with van der Waals surface area (Å²) in [6.45, 7) is 4.08. The van der Waals surface area contributed by atoms with Gasteiger partial charge in [-0.15, -0.1) is 0 Å². The molecule has 1 saturated heterocycles. The van der Waals surface area contributed by atoms with Crippen LogP contribution >= 0.6 is 11.3 Å². The SMILES string of the molecule is CC(Nc1ccsc1)C1CCOC1. The van der Waals surface area contributed by atoms with Crippen LogP contribution in [0, 0.1) is 5.92 Å². The molecule has 1 aliphatic rings. The largest absolute Gasteiger partial charge is 0.382 e. The molecular weight excluding hydrogens is 182 g/mol. The molecule has 1 aromatic heterocycles. The van der Waals surface area contributed by atoms with Gasteiger partial charge in [-0.3, -0.25) is 0 Å². The fraction of sp³-hybridized carbons (Fsp3) is 0.600. The Labute approximate surface area is 82.9 Å². The van der Waals surface area contributed by atoms with Crippen LogP contribution in [0.2, 0.25) is 0 Å². The smallest absolute Gasteiger partial charge is 0.0514 e. The maximum atomic E-state index is 5.36. The van der Waals surface area contributed by atoms with Gasteiger partial charge in [0, 0.05) is 29.6 Å². The first-order valence-electron chi connectivity index (χ1n) is 4.73. The van der Waals surface area contributed by atoms with Crippen molar-refractivity contribution in [3.8, 4) is 0 Å². The van der Waals surface area contributed by atoms with E-state index in [4.69, 9.17) is 4.74 Å². The Morgan fingerprint density at radius 1 is 1.69 bits per heavy atom. The minimum Gasteiger partial charge on any atom is -0.382 e. The summed E-state index contributed by atoms with van der Waals surface area (Å²) in [5, 5.41) is 7.74. The summed E-state index contributed by atoms with van der Waals surface area (Å²) in [7, 11) is 0. The highest BCUT2D eigenvalue weighted by molar-refractivity contribution is 7.08. The van der Waals surface area contributed by atoms with Crippen LogP contribution in [0.1, 0.15) is 13.3 Å². The number of anilines is 1. The monoisotopic (exact) mass is 197 g/mol. The minimum absolute atomic E-state index is 0.525. The summed E-state index contributed by atoms with van der Waals surface area (Å²) in [6, 6.07) is 2.65. The number of thiophene rings is 1. The molecule has 1 fully saturated rings. The number of rotatable bonds is 3. The second-order valence-electron chi connectivity index (χ2n) is 3.57. The van der Waals surface area contributed by atoms with Crippen molar-refractivity contribution in [1.82, 2.24) is 0 Å². The molecule has 13 heavy (non-hydrogen) atoms. The molecule has 2 heterocycles. The fourth-order valence-corrected chi connectivity index (χ4v) is 2.27. The first-order valence-corrected chi connectivity index (χ1v) is 5.67. The van der Waals surface area contributed by atoms with Crippen molar-refractivity contribution in [2.45, 2.75) is 19.4 Å². The van der Waals surface area contributed by atoms with Crippen LogP contribution in [0.3, 0.4) is 0 Å². The molecule has 0 bridgehead atoms. The van der Waals surface area contributed by atoms with E-state index in [9.17, 15) is 0 Å². The summed E-state index contributed by atoms with van der Waals surface area (Å²) >= 11 is 1.73. The van der Waals surface area contributed by atoms with E-state index in [0.29, 0.717) is 12.0 Å². The molecule has 1 N–H and O–H groups in total. The normalized spacial score (nSPS) is 24.5. The molecule has 0 saturated carbocycles. The summed E-state index contributed by atoms with van der Waals surface area (Å²) in [5.41, 5.74) is 1.24. The molecule has 2 unspecified atom stereocenters. The van der Waals surface area contributed by atoms with Gasteiger partial charge in [0.25, 0.3) is 0 Å². The Balaban J connectivity index is 1.87. The highest BCUT2D eigenvalue weighted by Gasteiger charge is 2.21. The maximum Gasteiger partial charge on any atom is 0.0514 e. The molecule has 0 radical (unpaired) electrons. The van der Waals surface area contributed by atoms with Gasteiger partial charge < -0.3 is 10.1 Å². The zero-order valence-corrected chi connectivity index (χ0v) is 8.64. The summed E-state index contributed by atoms with van der Waals surface area (Å²) in [6.07, 6.45) is 1.19. The van der Waals surface area contributed by atoms with E-state index in [0.717, 1.165) is 13.2 Å². The molecule has 2 nitrogen and oxygen atoms in total.